The van der Waals surface area contributed by atoms with E-state index in [1.807, 2.05) is 24.3 Å². The Morgan fingerprint density at radius 1 is 1.35 bits per heavy atom. The molecule has 0 radical (unpaired) electrons. The van der Waals surface area contributed by atoms with Crippen LogP contribution in [0.4, 0.5) is 0 Å². The molecule has 1 aromatic carbocycles. The largest absolute Gasteiger partial charge is 0.476 e. The molecule has 0 spiro atoms. The SMILES string of the molecule is CCCSc1c(C(=O)O)nnc2ccccc12. The van der Waals surface area contributed by atoms with Crippen LogP contribution in [-0.2, 0) is 0 Å². The van der Waals surface area contributed by atoms with Gasteiger partial charge in [-0.2, -0.15) is 0 Å². The van der Waals surface area contributed by atoms with Crippen LogP contribution in [-0.4, -0.2) is 27.0 Å². The first-order valence-electron chi connectivity index (χ1n) is 5.35. The molecule has 1 heterocycles. The van der Waals surface area contributed by atoms with Gasteiger partial charge >= 0.3 is 5.97 Å². The normalized spacial score (nSPS) is 10.6. The molecule has 1 N–H and O–H groups in total. The summed E-state index contributed by atoms with van der Waals surface area (Å²) in [6.45, 7) is 2.06. The number of carboxylic acid groups (broad SMARTS) is 1. The lowest BCUT2D eigenvalue weighted by atomic mass is 10.2. The van der Waals surface area contributed by atoms with Crippen molar-refractivity contribution in [2.45, 2.75) is 18.2 Å². The first-order valence-corrected chi connectivity index (χ1v) is 6.34. The molecule has 5 heteroatoms. The van der Waals surface area contributed by atoms with Gasteiger partial charge in [0.1, 0.15) is 0 Å². The van der Waals surface area contributed by atoms with Crippen molar-refractivity contribution in [1.29, 1.82) is 0 Å². The van der Waals surface area contributed by atoms with Gasteiger partial charge in [0.2, 0.25) is 0 Å². The number of aromatic carboxylic acids is 1. The monoisotopic (exact) mass is 248 g/mol. The van der Waals surface area contributed by atoms with Crippen molar-refractivity contribution in [1.82, 2.24) is 10.2 Å². The average Bonchev–Trinajstić information content (AvgIpc) is 2.35. The van der Waals surface area contributed by atoms with Crippen molar-refractivity contribution in [3.8, 4) is 0 Å². The lowest BCUT2D eigenvalue weighted by molar-refractivity contribution is 0.0685. The maximum absolute atomic E-state index is 11.1. The standard InChI is InChI=1S/C12H12N2O2S/c1-2-7-17-11-8-5-3-4-6-9(8)13-14-10(11)12(15)16/h3-6H,2,7H2,1H3,(H,15,16). The van der Waals surface area contributed by atoms with Gasteiger partial charge < -0.3 is 5.11 Å². The van der Waals surface area contributed by atoms with Crippen molar-refractivity contribution in [2.75, 3.05) is 5.75 Å². The first-order chi connectivity index (χ1) is 8.24. The minimum absolute atomic E-state index is 0.0437. The molecular formula is C12H12N2O2S. The highest BCUT2D eigenvalue weighted by atomic mass is 32.2. The van der Waals surface area contributed by atoms with Gasteiger partial charge in [-0.25, -0.2) is 4.79 Å². The van der Waals surface area contributed by atoms with Crippen LogP contribution in [0.3, 0.4) is 0 Å². The van der Waals surface area contributed by atoms with E-state index in [1.54, 1.807) is 0 Å². The molecule has 1 aromatic heterocycles. The zero-order chi connectivity index (χ0) is 12.3. The second-order valence-electron chi connectivity index (χ2n) is 3.55. The van der Waals surface area contributed by atoms with Crippen molar-refractivity contribution in [3.63, 3.8) is 0 Å². The molecule has 88 valence electrons. The highest BCUT2D eigenvalue weighted by Crippen LogP contribution is 2.29. The predicted molar refractivity (Wildman–Crippen MR) is 67.5 cm³/mol. The van der Waals surface area contributed by atoms with Crippen molar-refractivity contribution >= 4 is 28.6 Å². The highest BCUT2D eigenvalue weighted by Gasteiger charge is 2.16. The summed E-state index contributed by atoms with van der Waals surface area (Å²) in [5, 5.41) is 17.7. The zero-order valence-electron chi connectivity index (χ0n) is 9.38. The van der Waals surface area contributed by atoms with E-state index in [0.29, 0.717) is 4.90 Å². The Labute approximate surface area is 103 Å². The van der Waals surface area contributed by atoms with Crippen LogP contribution in [0.2, 0.25) is 0 Å². The molecule has 0 atom stereocenters. The van der Waals surface area contributed by atoms with Crippen molar-refractivity contribution in [3.05, 3.63) is 30.0 Å². The van der Waals surface area contributed by atoms with E-state index >= 15 is 0 Å². The minimum atomic E-state index is -1.03. The molecular weight excluding hydrogens is 236 g/mol. The maximum Gasteiger partial charge on any atom is 0.357 e. The Bertz CT molecular complexity index is 557. The quantitative estimate of drug-likeness (QED) is 0.843. The summed E-state index contributed by atoms with van der Waals surface area (Å²) >= 11 is 1.52. The lowest BCUT2D eigenvalue weighted by Gasteiger charge is -2.07. The summed E-state index contributed by atoms with van der Waals surface area (Å²) in [6, 6.07) is 7.47. The molecule has 0 unspecified atom stereocenters. The molecule has 0 aliphatic rings. The Balaban J connectivity index is 2.61. The smallest absolute Gasteiger partial charge is 0.357 e. The Morgan fingerprint density at radius 2 is 2.12 bits per heavy atom. The molecule has 2 aromatic rings. The molecule has 0 aliphatic carbocycles. The maximum atomic E-state index is 11.1. The summed E-state index contributed by atoms with van der Waals surface area (Å²) in [5.74, 6) is -0.155. The summed E-state index contributed by atoms with van der Waals surface area (Å²) < 4.78 is 0. The molecule has 2 rings (SSSR count). The van der Waals surface area contributed by atoms with Gasteiger partial charge in [-0.1, -0.05) is 25.1 Å². The molecule has 0 amide bonds. The van der Waals surface area contributed by atoms with E-state index in [4.69, 9.17) is 5.11 Å². The highest BCUT2D eigenvalue weighted by molar-refractivity contribution is 7.99. The minimum Gasteiger partial charge on any atom is -0.476 e. The van der Waals surface area contributed by atoms with Gasteiger partial charge in [0, 0.05) is 5.39 Å². The van der Waals surface area contributed by atoms with Crippen LogP contribution < -0.4 is 0 Å². The first kappa shape index (κ1) is 11.9. The lowest BCUT2D eigenvalue weighted by Crippen LogP contribution is -2.05. The Kier molecular flexibility index (Phi) is 3.58. The fourth-order valence-electron chi connectivity index (χ4n) is 1.52. The number of aromatic nitrogens is 2. The molecule has 0 saturated heterocycles. The topological polar surface area (TPSA) is 63.1 Å². The van der Waals surface area contributed by atoms with E-state index in [2.05, 4.69) is 17.1 Å². The van der Waals surface area contributed by atoms with E-state index in [9.17, 15) is 4.79 Å². The third-order valence-electron chi connectivity index (χ3n) is 2.27. The predicted octanol–water partition coefficient (Wildman–Crippen LogP) is 2.83. The average molecular weight is 248 g/mol. The summed E-state index contributed by atoms with van der Waals surface area (Å²) in [7, 11) is 0. The van der Waals surface area contributed by atoms with Gasteiger partial charge in [0.25, 0.3) is 0 Å². The van der Waals surface area contributed by atoms with Crippen molar-refractivity contribution in [2.24, 2.45) is 0 Å². The fraction of sp³-hybridized carbons (Fsp3) is 0.250. The number of hydrogen-bond donors (Lipinski definition) is 1. The number of nitrogens with zero attached hydrogens (tertiary/aromatic N) is 2. The second-order valence-corrected chi connectivity index (χ2v) is 4.65. The number of hydrogen-bond acceptors (Lipinski definition) is 4. The second kappa shape index (κ2) is 5.14. The van der Waals surface area contributed by atoms with Gasteiger partial charge in [0.15, 0.2) is 5.69 Å². The van der Waals surface area contributed by atoms with Crippen molar-refractivity contribution < 1.29 is 9.90 Å². The molecule has 0 bridgehead atoms. The van der Waals surface area contributed by atoms with E-state index in [-0.39, 0.29) is 5.69 Å². The van der Waals surface area contributed by atoms with Crippen LogP contribution in [0.1, 0.15) is 23.8 Å². The van der Waals surface area contributed by atoms with Crippen LogP contribution in [0.15, 0.2) is 29.2 Å². The summed E-state index contributed by atoms with van der Waals surface area (Å²) in [6.07, 6.45) is 0.986. The number of carbonyl (C=O) groups is 1. The van der Waals surface area contributed by atoms with E-state index in [0.717, 1.165) is 23.1 Å². The van der Waals surface area contributed by atoms with Crippen LogP contribution >= 0.6 is 11.8 Å². The summed E-state index contributed by atoms with van der Waals surface area (Å²) in [5.41, 5.74) is 0.776. The van der Waals surface area contributed by atoms with Gasteiger partial charge in [-0.15, -0.1) is 22.0 Å². The third-order valence-corrected chi connectivity index (χ3v) is 3.59. The van der Waals surface area contributed by atoms with Crippen LogP contribution in [0.25, 0.3) is 10.9 Å². The van der Waals surface area contributed by atoms with Gasteiger partial charge in [-0.05, 0) is 18.2 Å². The Hall–Kier alpha value is -1.62. The van der Waals surface area contributed by atoms with Gasteiger partial charge in [0.05, 0.1) is 10.4 Å². The fourth-order valence-corrected chi connectivity index (χ4v) is 2.52. The molecule has 0 fully saturated rings. The Morgan fingerprint density at radius 3 is 2.82 bits per heavy atom. The molecule has 0 aliphatic heterocycles. The van der Waals surface area contributed by atoms with Crippen LogP contribution in [0.5, 0.6) is 0 Å². The number of carboxylic acids is 1. The number of benzene rings is 1. The van der Waals surface area contributed by atoms with E-state index in [1.165, 1.54) is 11.8 Å². The van der Waals surface area contributed by atoms with E-state index < -0.39 is 5.97 Å². The summed E-state index contributed by atoms with van der Waals surface area (Å²) in [4.78, 5) is 11.8. The zero-order valence-corrected chi connectivity index (χ0v) is 10.2. The van der Waals surface area contributed by atoms with Gasteiger partial charge in [-0.3, -0.25) is 0 Å². The molecule has 17 heavy (non-hydrogen) atoms. The number of rotatable bonds is 4. The number of thioether (sulfide) groups is 1. The third kappa shape index (κ3) is 2.39. The molecule has 0 saturated carbocycles. The van der Waals surface area contributed by atoms with Crippen LogP contribution in [0, 0.1) is 0 Å². The number of fused-ring (bicyclic) bond motifs is 1. The molecule has 4 nitrogen and oxygen atoms in total.